The molecule has 0 saturated carbocycles. The van der Waals surface area contributed by atoms with E-state index in [2.05, 4.69) is 42.3 Å². The summed E-state index contributed by atoms with van der Waals surface area (Å²) < 4.78 is 0. The highest BCUT2D eigenvalue weighted by atomic mass is 16.2. The van der Waals surface area contributed by atoms with Crippen molar-refractivity contribution in [3.05, 3.63) is 29.3 Å². The Hall–Kier alpha value is -1.55. The molecule has 1 aromatic carbocycles. The van der Waals surface area contributed by atoms with Crippen LogP contribution >= 0.6 is 0 Å². The Morgan fingerprint density at radius 3 is 2.61 bits per heavy atom. The van der Waals surface area contributed by atoms with Crippen molar-refractivity contribution >= 4 is 11.6 Å². The van der Waals surface area contributed by atoms with E-state index in [0.29, 0.717) is 6.54 Å². The number of hydrogen-bond donors (Lipinski definition) is 2. The number of rotatable bonds is 2. The van der Waals surface area contributed by atoms with E-state index in [1.54, 1.807) is 0 Å². The molecular formula is C14H21N3O. The SMILES string of the molecule is Cc1cc(C)cc(N2CCCNC(=O)C2CN)c1. The summed E-state index contributed by atoms with van der Waals surface area (Å²) in [7, 11) is 0. The second-order valence-electron chi connectivity index (χ2n) is 4.94. The number of hydrogen-bond acceptors (Lipinski definition) is 3. The molecule has 2 rings (SSSR count). The normalized spacial score (nSPS) is 20.5. The molecule has 0 aromatic heterocycles. The molecule has 1 unspecified atom stereocenters. The van der Waals surface area contributed by atoms with Gasteiger partial charge in [0.15, 0.2) is 0 Å². The van der Waals surface area contributed by atoms with E-state index in [1.165, 1.54) is 11.1 Å². The van der Waals surface area contributed by atoms with Crippen LogP contribution in [0.15, 0.2) is 18.2 Å². The van der Waals surface area contributed by atoms with Gasteiger partial charge in [0.05, 0.1) is 0 Å². The Bertz CT molecular complexity index is 424. The predicted molar refractivity (Wildman–Crippen MR) is 73.7 cm³/mol. The number of aryl methyl sites for hydroxylation is 2. The Morgan fingerprint density at radius 2 is 2.00 bits per heavy atom. The molecule has 1 fully saturated rings. The van der Waals surface area contributed by atoms with Crippen LogP contribution in [0.3, 0.4) is 0 Å². The number of carbonyl (C=O) groups is 1. The van der Waals surface area contributed by atoms with Crippen molar-refractivity contribution in [2.45, 2.75) is 26.3 Å². The maximum absolute atomic E-state index is 12.0. The molecular weight excluding hydrogens is 226 g/mol. The number of nitrogens with zero attached hydrogens (tertiary/aromatic N) is 1. The summed E-state index contributed by atoms with van der Waals surface area (Å²) >= 11 is 0. The van der Waals surface area contributed by atoms with E-state index in [4.69, 9.17) is 5.73 Å². The van der Waals surface area contributed by atoms with Crippen LogP contribution in [0.1, 0.15) is 17.5 Å². The molecule has 1 amide bonds. The lowest BCUT2D eigenvalue weighted by molar-refractivity contribution is -0.121. The minimum atomic E-state index is -0.256. The summed E-state index contributed by atoms with van der Waals surface area (Å²) in [5.41, 5.74) is 9.29. The second-order valence-corrected chi connectivity index (χ2v) is 4.94. The third-order valence-corrected chi connectivity index (χ3v) is 3.32. The van der Waals surface area contributed by atoms with Crippen LogP contribution in [0.2, 0.25) is 0 Å². The van der Waals surface area contributed by atoms with E-state index in [9.17, 15) is 4.79 Å². The smallest absolute Gasteiger partial charge is 0.244 e. The van der Waals surface area contributed by atoms with Gasteiger partial charge in [-0.25, -0.2) is 0 Å². The quantitative estimate of drug-likeness (QED) is 0.818. The first-order valence-corrected chi connectivity index (χ1v) is 6.44. The van der Waals surface area contributed by atoms with Crippen molar-refractivity contribution < 1.29 is 4.79 Å². The van der Waals surface area contributed by atoms with Gasteiger partial charge >= 0.3 is 0 Å². The van der Waals surface area contributed by atoms with Crippen molar-refractivity contribution in [1.29, 1.82) is 0 Å². The summed E-state index contributed by atoms with van der Waals surface area (Å²) in [6.45, 7) is 6.09. The van der Waals surface area contributed by atoms with Crippen molar-refractivity contribution in [2.24, 2.45) is 5.73 Å². The first-order valence-electron chi connectivity index (χ1n) is 6.44. The number of amides is 1. The Labute approximate surface area is 108 Å². The van der Waals surface area contributed by atoms with E-state index in [0.717, 1.165) is 25.2 Å². The van der Waals surface area contributed by atoms with Crippen molar-refractivity contribution in [3.63, 3.8) is 0 Å². The van der Waals surface area contributed by atoms with Gasteiger partial charge in [0.2, 0.25) is 5.91 Å². The molecule has 4 heteroatoms. The number of nitrogens with one attached hydrogen (secondary N) is 1. The Kier molecular flexibility index (Phi) is 3.87. The monoisotopic (exact) mass is 247 g/mol. The predicted octanol–water partition coefficient (Wildman–Crippen LogP) is 0.957. The van der Waals surface area contributed by atoms with Crippen LogP contribution in [-0.2, 0) is 4.79 Å². The zero-order valence-corrected chi connectivity index (χ0v) is 11.1. The number of anilines is 1. The molecule has 1 aliphatic heterocycles. The van der Waals surface area contributed by atoms with Gasteiger partial charge in [0.1, 0.15) is 6.04 Å². The van der Waals surface area contributed by atoms with Gasteiger partial charge in [-0.05, 0) is 43.5 Å². The van der Waals surface area contributed by atoms with E-state index >= 15 is 0 Å². The van der Waals surface area contributed by atoms with Gasteiger partial charge in [-0.1, -0.05) is 6.07 Å². The van der Waals surface area contributed by atoms with E-state index < -0.39 is 0 Å². The van der Waals surface area contributed by atoms with E-state index in [1.807, 2.05) is 0 Å². The lowest BCUT2D eigenvalue weighted by Crippen LogP contribution is -2.49. The third kappa shape index (κ3) is 2.64. The standard InChI is InChI=1S/C14H21N3O/c1-10-6-11(2)8-12(7-10)17-5-3-4-16-14(18)13(17)9-15/h6-8,13H,3-5,9,15H2,1-2H3,(H,16,18). The lowest BCUT2D eigenvalue weighted by atomic mass is 10.1. The molecule has 0 radical (unpaired) electrons. The lowest BCUT2D eigenvalue weighted by Gasteiger charge is -2.30. The first-order chi connectivity index (χ1) is 8.61. The summed E-state index contributed by atoms with van der Waals surface area (Å²) in [6, 6.07) is 6.12. The summed E-state index contributed by atoms with van der Waals surface area (Å²) in [5.74, 6) is 0.0363. The average Bonchev–Trinajstić information content (AvgIpc) is 2.49. The summed E-state index contributed by atoms with van der Waals surface area (Å²) in [5, 5.41) is 2.91. The van der Waals surface area contributed by atoms with Crippen LogP contribution in [0.25, 0.3) is 0 Å². The molecule has 1 heterocycles. The molecule has 4 nitrogen and oxygen atoms in total. The van der Waals surface area contributed by atoms with Gasteiger partial charge in [-0.3, -0.25) is 4.79 Å². The minimum Gasteiger partial charge on any atom is -0.358 e. The zero-order valence-electron chi connectivity index (χ0n) is 11.1. The van der Waals surface area contributed by atoms with Crippen molar-refractivity contribution in [1.82, 2.24) is 5.32 Å². The van der Waals surface area contributed by atoms with E-state index in [-0.39, 0.29) is 11.9 Å². The molecule has 1 aliphatic rings. The Balaban J connectivity index is 2.35. The summed E-state index contributed by atoms with van der Waals surface area (Å²) in [6.07, 6.45) is 0.954. The fraction of sp³-hybridized carbons (Fsp3) is 0.500. The molecule has 1 aromatic rings. The topological polar surface area (TPSA) is 58.4 Å². The van der Waals surface area contributed by atoms with Crippen molar-refractivity contribution in [3.8, 4) is 0 Å². The van der Waals surface area contributed by atoms with Crippen molar-refractivity contribution in [2.75, 3.05) is 24.5 Å². The first kappa shape index (κ1) is 12.9. The molecule has 0 spiro atoms. The van der Waals surface area contributed by atoms with Gasteiger partial charge in [-0.15, -0.1) is 0 Å². The molecule has 98 valence electrons. The third-order valence-electron chi connectivity index (χ3n) is 3.32. The maximum Gasteiger partial charge on any atom is 0.244 e. The number of nitrogens with two attached hydrogens (primary N) is 1. The molecule has 1 saturated heterocycles. The highest BCUT2D eigenvalue weighted by molar-refractivity contribution is 5.86. The van der Waals surface area contributed by atoms with Gasteiger partial charge in [-0.2, -0.15) is 0 Å². The van der Waals surface area contributed by atoms with Crippen LogP contribution < -0.4 is 16.0 Å². The van der Waals surface area contributed by atoms with Gasteiger partial charge < -0.3 is 16.0 Å². The Morgan fingerprint density at radius 1 is 1.33 bits per heavy atom. The van der Waals surface area contributed by atoms with Gasteiger partial charge in [0.25, 0.3) is 0 Å². The van der Waals surface area contributed by atoms with Gasteiger partial charge in [0, 0.05) is 25.3 Å². The van der Waals surface area contributed by atoms with Crippen LogP contribution in [0, 0.1) is 13.8 Å². The maximum atomic E-state index is 12.0. The minimum absolute atomic E-state index is 0.0363. The fourth-order valence-electron chi connectivity index (χ4n) is 2.54. The second kappa shape index (κ2) is 5.40. The average molecular weight is 247 g/mol. The van der Waals surface area contributed by atoms with Crippen LogP contribution in [-0.4, -0.2) is 31.6 Å². The molecule has 0 aliphatic carbocycles. The highest BCUT2D eigenvalue weighted by Gasteiger charge is 2.27. The fourth-order valence-corrected chi connectivity index (χ4v) is 2.54. The summed E-state index contributed by atoms with van der Waals surface area (Å²) in [4.78, 5) is 14.1. The number of benzene rings is 1. The molecule has 1 atom stereocenters. The molecule has 0 bridgehead atoms. The molecule has 18 heavy (non-hydrogen) atoms. The number of carbonyl (C=O) groups excluding carboxylic acids is 1. The molecule has 3 N–H and O–H groups in total. The van der Waals surface area contributed by atoms with Crippen LogP contribution in [0.5, 0.6) is 0 Å². The van der Waals surface area contributed by atoms with Crippen LogP contribution in [0.4, 0.5) is 5.69 Å². The largest absolute Gasteiger partial charge is 0.358 e. The zero-order chi connectivity index (χ0) is 13.1. The highest BCUT2D eigenvalue weighted by Crippen LogP contribution is 2.22.